The Morgan fingerprint density at radius 2 is 1.88 bits per heavy atom. The van der Waals surface area contributed by atoms with Crippen molar-refractivity contribution >= 4 is 22.9 Å². The molecule has 1 aliphatic carbocycles. The molecule has 1 saturated carbocycles. The van der Waals surface area contributed by atoms with E-state index in [4.69, 9.17) is 4.42 Å². The molecule has 1 fully saturated rings. The maximum atomic E-state index is 13.8. The van der Waals surface area contributed by atoms with Gasteiger partial charge in [0, 0.05) is 24.7 Å². The van der Waals surface area contributed by atoms with Crippen molar-refractivity contribution in [3.8, 4) is 0 Å². The molecular formula is C27H33N3O3. The number of hydrogen-bond donors (Lipinski definition) is 1. The summed E-state index contributed by atoms with van der Waals surface area (Å²) >= 11 is 0. The molecule has 0 bridgehead atoms. The van der Waals surface area contributed by atoms with Crippen LogP contribution >= 0.6 is 0 Å². The summed E-state index contributed by atoms with van der Waals surface area (Å²) in [5.74, 6) is -0.141. The van der Waals surface area contributed by atoms with Crippen LogP contribution in [0.4, 0.5) is 0 Å². The summed E-state index contributed by atoms with van der Waals surface area (Å²) in [5, 5.41) is 3.32. The third-order valence-electron chi connectivity index (χ3n) is 7.42. The summed E-state index contributed by atoms with van der Waals surface area (Å²) in [6.07, 6.45) is 10.1. The van der Waals surface area contributed by atoms with Gasteiger partial charge in [-0.05, 0) is 38.2 Å². The Kier molecular flexibility index (Phi) is 6.00. The zero-order valence-corrected chi connectivity index (χ0v) is 19.4. The SMILES string of the molecule is C[C@]1(C(=O)NC2CCCCCC2)Cn2c(cc3occc32)C(=O)N1CCCc1ccccc1. The lowest BCUT2D eigenvalue weighted by Gasteiger charge is -2.44. The lowest BCUT2D eigenvalue weighted by atomic mass is 9.93. The van der Waals surface area contributed by atoms with E-state index in [-0.39, 0.29) is 17.9 Å². The first-order chi connectivity index (χ1) is 16.1. The van der Waals surface area contributed by atoms with Crippen LogP contribution in [0.15, 0.2) is 53.1 Å². The van der Waals surface area contributed by atoms with Crippen molar-refractivity contribution < 1.29 is 14.0 Å². The van der Waals surface area contributed by atoms with Crippen LogP contribution in [0, 0.1) is 0 Å². The van der Waals surface area contributed by atoms with Crippen molar-refractivity contribution in [2.24, 2.45) is 0 Å². The van der Waals surface area contributed by atoms with Gasteiger partial charge >= 0.3 is 0 Å². The average Bonchev–Trinajstić information content (AvgIpc) is 3.31. The van der Waals surface area contributed by atoms with Crippen molar-refractivity contribution in [3.63, 3.8) is 0 Å². The molecule has 5 rings (SSSR count). The Labute approximate surface area is 194 Å². The van der Waals surface area contributed by atoms with Gasteiger partial charge in [-0.25, -0.2) is 0 Å². The van der Waals surface area contributed by atoms with Crippen LogP contribution in [0.5, 0.6) is 0 Å². The number of fused-ring (bicyclic) bond motifs is 3. The van der Waals surface area contributed by atoms with Gasteiger partial charge in [0.05, 0.1) is 18.3 Å². The number of carbonyl (C=O) groups excluding carboxylic acids is 2. The Balaban J connectivity index is 1.41. The van der Waals surface area contributed by atoms with E-state index in [1.165, 1.54) is 18.4 Å². The van der Waals surface area contributed by atoms with Gasteiger partial charge in [0.15, 0.2) is 5.58 Å². The molecule has 2 aromatic heterocycles. The summed E-state index contributed by atoms with van der Waals surface area (Å²) in [6.45, 7) is 2.89. The molecule has 1 aromatic carbocycles. The number of nitrogens with zero attached hydrogens (tertiary/aromatic N) is 2. The predicted octanol–water partition coefficient (Wildman–Crippen LogP) is 4.92. The largest absolute Gasteiger partial charge is 0.463 e. The van der Waals surface area contributed by atoms with Gasteiger partial charge in [0.2, 0.25) is 5.91 Å². The molecule has 3 heterocycles. The number of furan rings is 1. The summed E-state index contributed by atoms with van der Waals surface area (Å²) in [7, 11) is 0. The second-order valence-electron chi connectivity index (χ2n) is 9.77. The number of rotatable bonds is 6. The first-order valence-corrected chi connectivity index (χ1v) is 12.3. The van der Waals surface area contributed by atoms with Crippen LogP contribution in [-0.4, -0.2) is 39.4 Å². The van der Waals surface area contributed by atoms with Crippen molar-refractivity contribution in [2.45, 2.75) is 76.4 Å². The summed E-state index contributed by atoms with van der Waals surface area (Å²) < 4.78 is 7.52. The lowest BCUT2D eigenvalue weighted by molar-refractivity contribution is -0.133. The fourth-order valence-electron chi connectivity index (χ4n) is 5.47. The number of carbonyl (C=O) groups is 2. The highest BCUT2D eigenvalue weighted by molar-refractivity contribution is 6.02. The molecule has 0 spiro atoms. The van der Waals surface area contributed by atoms with Crippen LogP contribution < -0.4 is 5.32 Å². The summed E-state index contributed by atoms with van der Waals surface area (Å²) in [6, 6.07) is 14.2. The van der Waals surface area contributed by atoms with Crippen LogP contribution in [0.2, 0.25) is 0 Å². The first kappa shape index (κ1) is 21.8. The van der Waals surface area contributed by atoms with E-state index >= 15 is 0 Å². The quantitative estimate of drug-likeness (QED) is 0.546. The van der Waals surface area contributed by atoms with Crippen molar-refractivity contribution in [1.82, 2.24) is 14.8 Å². The van der Waals surface area contributed by atoms with Crippen LogP contribution in [0.3, 0.4) is 0 Å². The number of amides is 2. The predicted molar refractivity (Wildman–Crippen MR) is 128 cm³/mol. The van der Waals surface area contributed by atoms with E-state index in [0.29, 0.717) is 24.4 Å². The normalized spacial score (nSPS) is 21.7. The van der Waals surface area contributed by atoms with E-state index in [9.17, 15) is 9.59 Å². The van der Waals surface area contributed by atoms with Crippen LogP contribution in [-0.2, 0) is 17.8 Å². The Morgan fingerprint density at radius 3 is 2.64 bits per heavy atom. The smallest absolute Gasteiger partial charge is 0.271 e. The van der Waals surface area contributed by atoms with Gasteiger partial charge in [0.25, 0.3) is 5.91 Å². The zero-order chi connectivity index (χ0) is 22.8. The molecule has 174 valence electrons. The highest BCUT2D eigenvalue weighted by Gasteiger charge is 2.48. The minimum atomic E-state index is -0.948. The van der Waals surface area contributed by atoms with E-state index in [0.717, 1.165) is 44.0 Å². The fourth-order valence-corrected chi connectivity index (χ4v) is 5.47. The molecule has 1 aliphatic heterocycles. The molecular weight excluding hydrogens is 414 g/mol. The Hall–Kier alpha value is -3.02. The van der Waals surface area contributed by atoms with E-state index in [2.05, 4.69) is 17.4 Å². The van der Waals surface area contributed by atoms with Crippen molar-refractivity contribution in [2.75, 3.05) is 6.54 Å². The molecule has 6 nitrogen and oxygen atoms in total. The molecule has 1 N–H and O–H groups in total. The standard InChI is InChI=1S/C27H33N3O3/c1-27(26(32)28-21-13-7-2-3-8-14-21)19-29-22-15-17-33-24(22)18-23(29)25(31)30(27)16-9-12-20-10-5-4-6-11-20/h4-6,10-11,15,17-18,21H,2-3,7-9,12-14,16,19H2,1H3,(H,28,32)/t27-/m1/s1. The van der Waals surface area contributed by atoms with Crippen LogP contribution in [0.1, 0.15) is 67.9 Å². The fraction of sp³-hybridized carbons (Fsp3) is 0.481. The number of hydrogen-bond acceptors (Lipinski definition) is 3. The summed E-state index contributed by atoms with van der Waals surface area (Å²) in [5.41, 5.74) is 2.46. The molecule has 33 heavy (non-hydrogen) atoms. The van der Waals surface area contributed by atoms with Crippen molar-refractivity contribution in [1.29, 1.82) is 0 Å². The highest BCUT2D eigenvalue weighted by Crippen LogP contribution is 2.33. The number of nitrogens with one attached hydrogen (secondary N) is 1. The van der Waals surface area contributed by atoms with Gasteiger partial charge < -0.3 is 19.2 Å². The van der Waals surface area contributed by atoms with Gasteiger partial charge in [-0.2, -0.15) is 0 Å². The second kappa shape index (κ2) is 9.08. The number of benzene rings is 1. The average molecular weight is 448 g/mol. The molecule has 1 atom stereocenters. The summed E-state index contributed by atoms with van der Waals surface area (Å²) in [4.78, 5) is 29.2. The van der Waals surface area contributed by atoms with Crippen molar-refractivity contribution in [3.05, 3.63) is 60.0 Å². The van der Waals surface area contributed by atoms with Gasteiger partial charge in [0.1, 0.15) is 11.2 Å². The second-order valence-corrected chi connectivity index (χ2v) is 9.77. The van der Waals surface area contributed by atoms with E-state index in [1.54, 1.807) is 11.2 Å². The Morgan fingerprint density at radius 1 is 1.12 bits per heavy atom. The molecule has 0 saturated heterocycles. The number of aromatic nitrogens is 1. The molecule has 2 aliphatic rings. The monoisotopic (exact) mass is 447 g/mol. The molecule has 0 unspecified atom stereocenters. The molecule has 6 heteroatoms. The minimum absolute atomic E-state index is 0.0431. The minimum Gasteiger partial charge on any atom is -0.463 e. The zero-order valence-electron chi connectivity index (χ0n) is 19.4. The van der Waals surface area contributed by atoms with E-state index in [1.807, 2.05) is 41.8 Å². The maximum Gasteiger partial charge on any atom is 0.271 e. The third kappa shape index (κ3) is 4.19. The first-order valence-electron chi connectivity index (χ1n) is 12.3. The van der Waals surface area contributed by atoms with Gasteiger partial charge in [-0.1, -0.05) is 56.0 Å². The van der Waals surface area contributed by atoms with E-state index < -0.39 is 5.54 Å². The molecule has 0 radical (unpaired) electrons. The highest BCUT2D eigenvalue weighted by atomic mass is 16.3. The topological polar surface area (TPSA) is 67.5 Å². The van der Waals surface area contributed by atoms with Gasteiger partial charge in [-0.3, -0.25) is 9.59 Å². The maximum absolute atomic E-state index is 13.8. The lowest BCUT2D eigenvalue weighted by Crippen LogP contribution is -2.65. The third-order valence-corrected chi connectivity index (χ3v) is 7.42. The molecule has 3 aromatic rings. The number of aryl methyl sites for hydroxylation is 1. The van der Waals surface area contributed by atoms with Gasteiger partial charge in [-0.15, -0.1) is 0 Å². The Bertz CT molecular complexity index is 1120. The van der Waals surface area contributed by atoms with Crippen LogP contribution in [0.25, 0.3) is 11.1 Å². The molecule has 2 amide bonds.